The summed E-state index contributed by atoms with van der Waals surface area (Å²) < 4.78 is 5.04. The Bertz CT molecular complexity index is 1530. The van der Waals surface area contributed by atoms with E-state index in [1.165, 1.54) is 18.2 Å². The first-order chi connectivity index (χ1) is 21.6. The van der Waals surface area contributed by atoms with Crippen LogP contribution in [-0.4, -0.2) is 61.5 Å². The molecule has 7 N–H and O–H groups in total. The van der Waals surface area contributed by atoms with E-state index < -0.39 is 17.9 Å². The first kappa shape index (κ1) is 34.5. The van der Waals surface area contributed by atoms with Gasteiger partial charge in [0.1, 0.15) is 13.2 Å². The molecule has 45 heavy (non-hydrogen) atoms. The largest absolute Gasteiger partial charge is 0.478 e. The average Bonchev–Trinajstić information content (AvgIpc) is 3.01. The van der Waals surface area contributed by atoms with Crippen molar-refractivity contribution < 1.29 is 44.0 Å². The Labute approximate surface area is 259 Å². The van der Waals surface area contributed by atoms with Crippen molar-refractivity contribution in [2.45, 2.75) is 27.1 Å². The summed E-state index contributed by atoms with van der Waals surface area (Å²) in [4.78, 5) is 59.1. The number of carbonyl (C=O) groups is 4. The topological polar surface area (TPSA) is 197 Å². The molecule has 0 fully saturated rings. The second kappa shape index (κ2) is 16.7. The molecule has 0 bridgehead atoms. The summed E-state index contributed by atoms with van der Waals surface area (Å²) in [6, 6.07) is 13.9. The lowest BCUT2D eigenvalue weighted by molar-refractivity contribution is -0.253. The number of esters is 1. The van der Waals surface area contributed by atoms with Crippen LogP contribution in [0.15, 0.2) is 54.6 Å². The number of hydroxylamine groups is 1. The van der Waals surface area contributed by atoms with Crippen LogP contribution in [0.5, 0.6) is 0 Å². The number of nitrogens with one attached hydrogen (secondary N) is 5. The third-order valence-corrected chi connectivity index (χ3v) is 6.47. The number of carbonyl (C=O) groups excluding carboxylic acids is 3. The van der Waals surface area contributed by atoms with Crippen LogP contribution >= 0.6 is 0 Å². The van der Waals surface area contributed by atoms with Crippen molar-refractivity contribution in [3.63, 3.8) is 0 Å². The molecule has 0 aliphatic heterocycles. The van der Waals surface area contributed by atoms with Crippen molar-refractivity contribution in [1.82, 2.24) is 10.8 Å². The van der Waals surface area contributed by atoms with E-state index in [0.29, 0.717) is 33.6 Å². The van der Waals surface area contributed by atoms with Gasteiger partial charge in [0.2, 0.25) is 0 Å². The molecule has 0 aliphatic rings. The van der Waals surface area contributed by atoms with Gasteiger partial charge in [-0.15, -0.1) is 0 Å². The Kier molecular flexibility index (Phi) is 12.8. The van der Waals surface area contributed by atoms with Gasteiger partial charge in [-0.05, 0) is 58.7 Å². The lowest BCUT2D eigenvalue weighted by atomic mass is 9.95. The van der Waals surface area contributed by atoms with Crippen molar-refractivity contribution in [3.8, 4) is 11.1 Å². The molecule has 3 amide bonds. The molecule has 0 aliphatic carbocycles. The standard InChI is InChI=1S/C31H37N5O9/c1-18(2)30(40)43-10-9-34-31(41)36-25-14-23(32-3)13-24(15-25)35-28(37)27-12-20(7-8-26(27)29(38)39)19-5-6-21(17-45-42)22(11-19)16-44-33-4/h5-8,11-15,18,32-33,42H,9-10,16-17H2,1-4H3,(H,35,37)(H,38,39)(H2,34,36,41). The van der Waals surface area contributed by atoms with Crippen LogP contribution in [0, 0.1) is 5.92 Å². The Hall–Kier alpha value is -5.02. The normalized spacial score (nSPS) is 10.7. The molecule has 0 atom stereocenters. The fraction of sp³-hybridized carbons (Fsp3) is 0.290. The molecule has 0 aromatic heterocycles. The second-order valence-electron chi connectivity index (χ2n) is 10.0. The first-order valence-electron chi connectivity index (χ1n) is 14.0. The highest BCUT2D eigenvalue weighted by Crippen LogP contribution is 2.28. The van der Waals surface area contributed by atoms with E-state index in [2.05, 4.69) is 31.6 Å². The quantitative estimate of drug-likeness (QED) is 0.0551. The molecular formula is C31H37N5O9. The molecule has 0 saturated heterocycles. The zero-order valence-electron chi connectivity index (χ0n) is 25.4. The van der Waals surface area contributed by atoms with Gasteiger partial charge >= 0.3 is 18.0 Å². The number of aromatic carboxylic acids is 1. The van der Waals surface area contributed by atoms with E-state index in [1.54, 1.807) is 64.3 Å². The highest BCUT2D eigenvalue weighted by atomic mass is 17.1. The fourth-order valence-electron chi connectivity index (χ4n) is 4.17. The number of hydrogen-bond donors (Lipinski definition) is 7. The number of urea groups is 1. The number of carboxylic acid groups (broad SMARTS) is 1. The van der Waals surface area contributed by atoms with Crippen LogP contribution in [0.3, 0.4) is 0 Å². The number of carboxylic acids is 1. The van der Waals surface area contributed by atoms with E-state index in [9.17, 15) is 24.3 Å². The summed E-state index contributed by atoms with van der Waals surface area (Å²) >= 11 is 0. The molecule has 3 aromatic carbocycles. The predicted octanol–water partition coefficient (Wildman–Crippen LogP) is 4.31. The zero-order valence-corrected chi connectivity index (χ0v) is 25.4. The minimum atomic E-state index is -1.28. The number of rotatable bonds is 15. The molecule has 14 heteroatoms. The van der Waals surface area contributed by atoms with Gasteiger partial charge in [-0.2, -0.15) is 0 Å². The van der Waals surface area contributed by atoms with E-state index in [1.807, 2.05) is 0 Å². The van der Waals surface area contributed by atoms with E-state index in [4.69, 9.17) is 14.8 Å². The molecule has 0 spiro atoms. The molecule has 0 saturated carbocycles. The van der Waals surface area contributed by atoms with Gasteiger partial charge in [0.25, 0.3) is 5.91 Å². The molecule has 3 aromatic rings. The lowest BCUT2D eigenvalue weighted by Crippen LogP contribution is -2.32. The molecule has 0 unspecified atom stereocenters. The summed E-state index contributed by atoms with van der Waals surface area (Å²) in [5.74, 6) is -2.62. The van der Waals surface area contributed by atoms with Crippen molar-refractivity contribution in [3.05, 3.63) is 76.9 Å². The van der Waals surface area contributed by atoms with Gasteiger partial charge < -0.3 is 31.1 Å². The number of amides is 3. The van der Waals surface area contributed by atoms with Crippen LogP contribution < -0.4 is 26.7 Å². The van der Waals surface area contributed by atoms with Gasteiger partial charge in [-0.1, -0.05) is 32.0 Å². The third-order valence-electron chi connectivity index (χ3n) is 6.47. The van der Waals surface area contributed by atoms with E-state index in [0.717, 1.165) is 0 Å². The zero-order chi connectivity index (χ0) is 32.9. The second-order valence-corrected chi connectivity index (χ2v) is 10.0. The molecule has 0 radical (unpaired) electrons. The highest BCUT2D eigenvalue weighted by molar-refractivity contribution is 6.11. The van der Waals surface area contributed by atoms with Crippen LogP contribution in [0.2, 0.25) is 0 Å². The third kappa shape index (κ3) is 10.0. The van der Waals surface area contributed by atoms with Gasteiger partial charge in [0.15, 0.2) is 0 Å². The minimum absolute atomic E-state index is 0.0134. The van der Waals surface area contributed by atoms with E-state index in [-0.39, 0.29) is 55.1 Å². The van der Waals surface area contributed by atoms with Crippen molar-refractivity contribution in [2.24, 2.45) is 5.92 Å². The number of anilines is 3. The van der Waals surface area contributed by atoms with Crippen LogP contribution in [0.4, 0.5) is 21.9 Å². The molecule has 240 valence electrons. The maximum atomic E-state index is 13.5. The molecule has 3 rings (SSSR count). The van der Waals surface area contributed by atoms with Crippen molar-refractivity contribution in [2.75, 3.05) is 43.2 Å². The smallest absolute Gasteiger partial charge is 0.336 e. The molecular weight excluding hydrogens is 586 g/mol. The summed E-state index contributed by atoms with van der Waals surface area (Å²) in [7, 11) is 3.27. The number of hydrogen-bond acceptors (Lipinski definition) is 10. The summed E-state index contributed by atoms with van der Waals surface area (Å²) in [5, 5.41) is 29.7. The minimum Gasteiger partial charge on any atom is -0.478 e. The van der Waals surface area contributed by atoms with Crippen LogP contribution in [0.25, 0.3) is 11.1 Å². The summed E-state index contributed by atoms with van der Waals surface area (Å²) in [6.07, 6.45) is 0. The van der Waals surface area contributed by atoms with Crippen molar-refractivity contribution >= 4 is 40.9 Å². The van der Waals surface area contributed by atoms with Gasteiger partial charge in [0.05, 0.1) is 30.2 Å². The van der Waals surface area contributed by atoms with Crippen molar-refractivity contribution in [1.29, 1.82) is 0 Å². The highest BCUT2D eigenvalue weighted by Gasteiger charge is 2.19. The number of benzene rings is 3. The van der Waals surface area contributed by atoms with E-state index >= 15 is 0 Å². The maximum Gasteiger partial charge on any atom is 0.336 e. The first-order valence-corrected chi connectivity index (χ1v) is 14.0. The average molecular weight is 624 g/mol. The Morgan fingerprint density at radius 3 is 2.11 bits per heavy atom. The Balaban J connectivity index is 1.83. The molecule has 14 nitrogen and oxygen atoms in total. The van der Waals surface area contributed by atoms with Gasteiger partial charge in [0, 0.05) is 31.2 Å². The Morgan fingerprint density at radius 2 is 1.47 bits per heavy atom. The predicted molar refractivity (Wildman–Crippen MR) is 167 cm³/mol. The van der Waals surface area contributed by atoms with Gasteiger partial charge in [-0.25, -0.2) is 20.0 Å². The SMILES string of the molecule is CNOCc1cc(-c2ccc(C(=O)O)c(C(=O)Nc3cc(NC)cc(NC(=O)NCCOC(=O)C(C)C)c3)c2)ccc1COO. The number of ether oxygens (including phenoxy) is 1. The fourth-order valence-corrected chi connectivity index (χ4v) is 4.17. The van der Waals surface area contributed by atoms with Crippen LogP contribution in [0.1, 0.15) is 45.7 Å². The summed E-state index contributed by atoms with van der Waals surface area (Å²) in [6.45, 7) is 3.62. The monoisotopic (exact) mass is 623 g/mol. The lowest BCUT2D eigenvalue weighted by Gasteiger charge is -2.15. The van der Waals surface area contributed by atoms with Gasteiger partial charge in [-0.3, -0.25) is 19.7 Å². The maximum absolute atomic E-state index is 13.5. The summed E-state index contributed by atoms with van der Waals surface area (Å²) in [5.41, 5.74) is 6.08. The molecule has 0 heterocycles. The van der Waals surface area contributed by atoms with Crippen LogP contribution in [-0.2, 0) is 32.5 Å². The Morgan fingerprint density at radius 1 is 0.800 bits per heavy atom.